The maximum Gasteiger partial charge on any atom is 0.313 e. The van der Waals surface area contributed by atoms with Crippen molar-refractivity contribution in [1.82, 2.24) is 0 Å². The number of esters is 1. The van der Waals surface area contributed by atoms with E-state index < -0.39 is 5.41 Å². The van der Waals surface area contributed by atoms with Crippen LogP contribution in [-0.4, -0.2) is 12.6 Å². The summed E-state index contributed by atoms with van der Waals surface area (Å²) in [7, 11) is 0. The third kappa shape index (κ3) is 2.05. The quantitative estimate of drug-likeness (QED) is 0.537. The Balaban J connectivity index is 3.06. The monoisotopic (exact) mass is 236 g/mol. The summed E-state index contributed by atoms with van der Waals surface area (Å²) in [6.45, 7) is 14.5. The average molecular weight is 236 g/mol. The van der Waals surface area contributed by atoms with E-state index in [0.29, 0.717) is 13.0 Å². The first-order valence-corrected chi connectivity index (χ1v) is 6.27. The van der Waals surface area contributed by atoms with Crippen LogP contribution in [0.25, 0.3) is 0 Å². The van der Waals surface area contributed by atoms with Crippen molar-refractivity contribution in [3.05, 3.63) is 24.3 Å². The first-order chi connectivity index (χ1) is 7.84. The lowest BCUT2D eigenvalue weighted by molar-refractivity contribution is -0.151. The van der Waals surface area contributed by atoms with Crippen molar-refractivity contribution in [2.45, 2.75) is 41.0 Å². The summed E-state index contributed by atoms with van der Waals surface area (Å²) < 4.78 is 5.25. The van der Waals surface area contributed by atoms with Gasteiger partial charge < -0.3 is 4.74 Å². The molecule has 17 heavy (non-hydrogen) atoms. The molecule has 1 aliphatic rings. The molecule has 0 saturated heterocycles. The van der Waals surface area contributed by atoms with Gasteiger partial charge in [0.25, 0.3) is 0 Å². The third-order valence-corrected chi connectivity index (χ3v) is 3.98. The summed E-state index contributed by atoms with van der Waals surface area (Å²) in [5.74, 6) is 0.185. The summed E-state index contributed by atoms with van der Waals surface area (Å²) >= 11 is 0. The standard InChI is InChI=1S/C15H24O2/c1-7-9-15(13(16)17-8-2)12(10-11(3)4)14(15,5)6/h7,10,12H,1,8-9H2,2-6H3/t12-,15-/m1/s1. The Bertz CT molecular complexity index is 348. The first kappa shape index (κ1) is 14.0. The van der Waals surface area contributed by atoms with E-state index >= 15 is 0 Å². The highest BCUT2D eigenvalue weighted by Crippen LogP contribution is 2.72. The van der Waals surface area contributed by atoms with Gasteiger partial charge in [-0.3, -0.25) is 4.79 Å². The lowest BCUT2D eigenvalue weighted by Crippen LogP contribution is -2.24. The van der Waals surface area contributed by atoms with E-state index in [1.807, 2.05) is 13.0 Å². The van der Waals surface area contributed by atoms with Gasteiger partial charge in [-0.2, -0.15) is 0 Å². The van der Waals surface area contributed by atoms with Crippen LogP contribution >= 0.6 is 0 Å². The minimum Gasteiger partial charge on any atom is -0.466 e. The van der Waals surface area contributed by atoms with Crippen molar-refractivity contribution in [2.75, 3.05) is 6.61 Å². The number of hydrogen-bond acceptors (Lipinski definition) is 2. The van der Waals surface area contributed by atoms with E-state index in [1.165, 1.54) is 5.57 Å². The summed E-state index contributed by atoms with van der Waals surface area (Å²) in [6.07, 6.45) is 4.71. The average Bonchev–Trinajstić information content (AvgIpc) is 2.66. The molecule has 0 spiro atoms. The summed E-state index contributed by atoms with van der Waals surface area (Å²) in [5, 5.41) is 0. The number of hydrogen-bond donors (Lipinski definition) is 0. The molecular formula is C15H24O2. The van der Waals surface area contributed by atoms with E-state index in [1.54, 1.807) is 0 Å². The Morgan fingerprint density at radius 2 is 2.00 bits per heavy atom. The molecule has 1 rings (SSSR count). The van der Waals surface area contributed by atoms with Crippen LogP contribution < -0.4 is 0 Å². The van der Waals surface area contributed by atoms with Crippen molar-refractivity contribution in [2.24, 2.45) is 16.7 Å². The highest BCUT2D eigenvalue weighted by atomic mass is 16.5. The molecule has 1 saturated carbocycles. The Morgan fingerprint density at radius 1 is 1.41 bits per heavy atom. The molecule has 2 heteroatoms. The Labute approximate surface area is 105 Å². The van der Waals surface area contributed by atoms with Gasteiger partial charge in [-0.15, -0.1) is 6.58 Å². The Morgan fingerprint density at radius 3 is 2.41 bits per heavy atom. The van der Waals surface area contributed by atoms with Crippen LogP contribution in [0.1, 0.15) is 41.0 Å². The maximum atomic E-state index is 12.2. The SMILES string of the molecule is C=CC[C@]1(C(=O)OCC)[C@H](C=C(C)C)C1(C)C. The van der Waals surface area contributed by atoms with Crippen LogP contribution in [0.3, 0.4) is 0 Å². The summed E-state index contributed by atoms with van der Waals surface area (Å²) in [5.41, 5.74) is 0.811. The predicted molar refractivity (Wildman–Crippen MR) is 70.6 cm³/mol. The second-order valence-corrected chi connectivity index (χ2v) is 5.63. The molecule has 0 aliphatic heterocycles. The lowest BCUT2D eigenvalue weighted by Gasteiger charge is -2.16. The molecule has 0 aromatic carbocycles. The fourth-order valence-electron chi connectivity index (χ4n) is 2.93. The van der Waals surface area contributed by atoms with Gasteiger partial charge in [0.2, 0.25) is 0 Å². The molecule has 0 bridgehead atoms. The molecule has 96 valence electrons. The van der Waals surface area contributed by atoms with E-state index in [0.717, 1.165) is 0 Å². The van der Waals surface area contributed by atoms with Crippen molar-refractivity contribution in [3.8, 4) is 0 Å². The lowest BCUT2D eigenvalue weighted by atomic mass is 9.92. The number of rotatable bonds is 5. The Hall–Kier alpha value is -1.05. The predicted octanol–water partition coefficient (Wildman–Crippen LogP) is 3.73. The fourth-order valence-corrected chi connectivity index (χ4v) is 2.93. The van der Waals surface area contributed by atoms with E-state index in [9.17, 15) is 4.79 Å². The van der Waals surface area contributed by atoms with Gasteiger partial charge >= 0.3 is 5.97 Å². The molecule has 2 nitrogen and oxygen atoms in total. The van der Waals surface area contributed by atoms with Gasteiger partial charge in [0.1, 0.15) is 0 Å². The molecule has 0 unspecified atom stereocenters. The maximum absolute atomic E-state index is 12.2. The first-order valence-electron chi connectivity index (χ1n) is 6.27. The molecule has 0 N–H and O–H groups in total. The van der Waals surface area contributed by atoms with Gasteiger partial charge in [-0.05, 0) is 32.6 Å². The van der Waals surface area contributed by atoms with Crippen molar-refractivity contribution < 1.29 is 9.53 Å². The molecule has 2 atom stereocenters. The van der Waals surface area contributed by atoms with E-state index in [2.05, 4.69) is 40.3 Å². The minimum atomic E-state index is -0.401. The molecular weight excluding hydrogens is 212 g/mol. The smallest absolute Gasteiger partial charge is 0.313 e. The number of carbonyl (C=O) groups is 1. The van der Waals surface area contributed by atoms with Crippen molar-refractivity contribution in [3.63, 3.8) is 0 Å². The van der Waals surface area contributed by atoms with Crippen LogP contribution in [0.5, 0.6) is 0 Å². The number of ether oxygens (including phenoxy) is 1. The normalized spacial score (nSPS) is 29.4. The van der Waals surface area contributed by atoms with Crippen LogP contribution in [0.15, 0.2) is 24.3 Å². The van der Waals surface area contributed by atoms with Gasteiger partial charge in [0.05, 0.1) is 12.0 Å². The molecule has 0 aromatic heterocycles. The zero-order valence-electron chi connectivity index (χ0n) is 11.7. The fraction of sp³-hybridized carbons (Fsp3) is 0.667. The molecule has 0 radical (unpaired) electrons. The third-order valence-electron chi connectivity index (χ3n) is 3.98. The number of allylic oxidation sites excluding steroid dienone is 3. The summed E-state index contributed by atoms with van der Waals surface area (Å²) in [4.78, 5) is 12.2. The number of carbonyl (C=O) groups excluding carboxylic acids is 1. The zero-order chi connectivity index (χ0) is 13.3. The minimum absolute atomic E-state index is 0.0370. The van der Waals surface area contributed by atoms with Gasteiger partial charge in [0, 0.05) is 5.92 Å². The molecule has 0 amide bonds. The Kier molecular flexibility index (Phi) is 3.85. The van der Waals surface area contributed by atoms with Crippen LogP contribution in [0.4, 0.5) is 0 Å². The zero-order valence-corrected chi connectivity index (χ0v) is 11.7. The second-order valence-electron chi connectivity index (χ2n) is 5.63. The van der Waals surface area contributed by atoms with Gasteiger partial charge in [0.15, 0.2) is 0 Å². The molecule has 0 heterocycles. The molecule has 1 aliphatic carbocycles. The molecule has 0 aromatic rings. The van der Waals surface area contributed by atoms with Gasteiger partial charge in [-0.25, -0.2) is 0 Å². The topological polar surface area (TPSA) is 26.3 Å². The largest absolute Gasteiger partial charge is 0.466 e. The van der Waals surface area contributed by atoms with E-state index in [-0.39, 0.29) is 17.3 Å². The van der Waals surface area contributed by atoms with Crippen LogP contribution in [0.2, 0.25) is 0 Å². The van der Waals surface area contributed by atoms with Crippen LogP contribution in [-0.2, 0) is 9.53 Å². The molecule has 1 fully saturated rings. The van der Waals surface area contributed by atoms with E-state index in [4.69, 9.17) is 4.74 Å². The second kappa shape index (κ2) is 4.67. The highest BCUT2D eigenvalue weighted by molar-refractivity contribution is 5.83. The van der Waals surface area contributed by atoms with Crippen LogP contribution in [0, 0.1) is 16.7 Å². The van der Waals surface area contributed by atoms with Crippen molar-refractivity contribution in [1.29, 1.82) is 0 Å². The summed E-state index contributed by atoms with van der Waals surface area (Å²) in [6, 6.07) is 0. The highest BCUT2D eigenvalue weighted by Gasteiger charge is 2.74. The van der Waals surface area contributed by atoms with Gasteiger partial charge in [-0.1, -0.05) is 31.6 Å². The van der Waals surface area contributed by atoms with Crippen molar-refractivity contribution >= 4 is 5.97 Å².